The number of phenolic OH excluding ortho intramolecular Hbond substituents is 2. The van der Waals surface area contributed by atoms with Crippen molar-refractivity contribution in [2.24, 2.45) is 5.84 Å². The number of hydrogen-bond acceptors (Lipinski definition) is 5. The molecule has 19 heavy (non-hydrogen) atoms. The third-order valence-corrected chi connectivity index (χ3v) is 2.93. The highest BCUT2D eigenvalue weighted by Crippen LogP contribution is 2.31. The molecule has 5 N–H and O–H groups in total. The Balaban J connectivity index is 2.46. The summed E-state index contributed by atoms with van der Waals surface area (Å²) < 4.78 is 0. The van der Waals surface area contributed by atoms with Crippen molar-refractivity contribution in [3.05, 3.63) is 47.5 Å². The van der Waals surface area contributed by atoms with Crippen molar-refractivity contribution in [1.82, 2.24) is 0 Å². The van der Waals surface area contributed by atoms with Gasteiger partial charge in [0.1, 0.15) is 11.5 Å². The number of nitrogens with two attached hydrogens (primary N) is 1. The molecule has 0 spiro atoms. The van der Waals surface area contributed by atoms with Gasteiger partial charge in [0.2, 0.25) is 0 Å². The van der Waals surface area contributed by atoms with Gasteiger partial charge in [0.25, 0.3) is 0 Å². The van der Waals surface area contributed by atoms with E-state index in [0.29, 0.717) is 16.9 Å². The molecular weight excluding hydrogens is 244 g/mol. The van der Waals surface area contributed by atoms with Crippen molar-refractivity contribution in [3.8, 4) is 11.5 Å². The van der Waals surface area contributed by atoms with Gasteiger partial charge < -0.3 is 15.3 Å². The van der Waals surface area contributed by atoms with Crippen molar-refractivity contribution in [2.45, 2.75) is 13.5 Å². The van der Waals surface area contributed by atoms with E-state index in [0.717, 1.165) is 5.56 Å². The fourth-order valence-electron chi connectivity index (χ4n) is 1.97. The lowest BCUT2D eigenvalue weighted by Gasteiger charge is -2.23. The SMILES string of the molecule is Cc1cc(O)ccc1N(N)c1ccc(O)cc1CO. The third kappa shape index (κ3) is 2.62. The maximum atomic E-state index is 9.41. The molecule has 0 radical (unpaired) electrons. The van der Waals surface area contributed by atoms with E-state index in [1.807, 2.05) is 6.92 Å². The monoisotopic (exact) mass is 260 g/mol. The summed E-state index contributed by atoms with van der Waals surface area (Å²) in [6, 6.07) is 9.44. The Morgan fingerprint density at radius 1 is 1.00 bits per heavy atom. The first-order chi connectivity index (χ1) is 9.02. The predicted molar refractivity (Wildman–Crippen MR) is 73.2 cm³/mol. The Morgan fingerprint density at radius 2 is 1.58 bits per heavy atom. The van der Waals surface area contributed by atoms with E-state index >= 15 is 0 Å². The third-order valence-electron chi connectivity index (χ3n) is 2.93. The van der Waals surface area contributed by atoms with Crippen LogP contribution in [-0.2, 0) is 6.61 Å². The predicted octanol–water partition coefficient (Wildman–Crippen LogP) is 1.91. The van der Waals surface area contributed by atoms with Crippen LogP contribution in [0.4, 0.5) is 11.4 Å². The van der Waals surface area contributed by atoms with Gasteiger partial charge in [0, 0.05) is 5.56 Å². The van der Waals surface area contributed by atoms with Gasteiger partial charge in [-0.15, -0.1) is 0 Å². The van der Waals surface area contributed by atoms with Crippen molar-refractivity contribution in [3.63, 3.8) is 0 Å². The first-order valence-electron chi connectivity index (χ1n) is 5.80. The Morgan fingerprint density at radius 3 is 2.16 bits per heavy atom. The van der Waals surface area contributed by atoms with Gasteiger partial charge in [-0.25, -0.2) is 5.84 Å². The second-order valence-electron chi connectivity index (χ2n) is 4.31. The maximum absolute atomic E-state index is 9.41. The first kappa shape index (κ1) is 13.2. The van der Waals surface area contributed by atoms with Crippen LogP contribution in [0.25, 0.3) is 0 Å². The van der Waals surface area contributed by atoms with Gasteiger partial charge in [-0.1, -0.05) is 0 Å². The summed E-state index contributed by atoms with van der Waals surface area (Å²) in [4.78, 5) is 0. The number of rotatable bonds is 3. The van der Waals surface area contributed by atoms with Crippen LogP contribution >= 0.6 is 0 Å². The summed E-state index contributed by atoms with van der Waals surface area (Å²) in [6.07, 6.45) is 0. The summed E-state index contributed by atoms with van der Waals surface area (Å²) in [7, 11) is 0. The molecule has 0 aliphatic rings. The molecule has 0 unspecified atom stereocenters. The highest BCUT2D eigenvalue weighted by Gasteiger charge is 2.12. The minimum Gasteiger partial charge on any atom is -0.508 e. The lowest BCUT2D eigenvalue weighted by molar-refractivity contribution is 0.281. The van der Waals surface area contributed by atoms with E-state index in [4.69, 9.17) is 5.84 Å². The van der Waals surface area contributed by atoms with E-state index in [2.05, 4.69) is 0 Å². The number of aliphatic hydroxyl groups is 1. The number of hydrogen-bond donors (Lipinski definition) is 4. The maximum Gasteiger partial charge on any atom is 0.116 e. The smallest absolute Gasteiger partial charge is 0.116 e. The van der Waals surface area contributed by atoms with Gasteiger partial charge in [-0.05, 0) is 48.9 Å². The lowest BCUT2D eigenvalue weighted by Crippen LogP contribution is -2.26. The van der Waals surface area contributed by atoms with Gasteiger partial charge in [-0.2, -0.15) is 0 Å². The van der Waals surface area contributed by atoms with E-state index in [-0.39, 0.29) is 18.1 Å². The highest BCUT2D eigenvalue weighted by molar-refractivity contribution is 5.69. The zero-order valence-electron chi connectivity index (χ0n) is 10.5. The second-order valence-corrected chi connectivity index (χ2v) is 4.31. The zero-order chi connectivity index (χ0) is 14.0. The van der Waals surface area contributed by atoms with Crippen LogP contribution in [0.1, 0.15) is 11.1 Å². The first-order valence-corrected chi connectivity index (χ1v) is 5.80. The minimum absolute atomic E-state index is 0.0728. The lowest BCUT2D eigenvalue weighted by atomic mass is 10.1. The number of aryl methyl sites for hydroxylation is 1. The van der Waals surface area contributed by atoms with Crippen LogP contribution < -0.4 is 10.9 Å². The van der Waals surface area contributed by atoms with Crippen LogP contribution in [0.3, 0.4) is 0 Å². The quantitative estimate of drug-likeness (QED) is 0.500. The summed E-state index contributed by atoms with van der Waals surface area (Å²) in [6.45, 7) is 1.60. The molecule has 100 valence electrons. The molecular formula is C14H16N2O3. The number of aliphatic hydroxyl groups excluding tert-OH is 1. The molecule has 0 saturated heterocycles. The molecule has 0 bridgehead atoms. The molecule has 5 nitrogen and oxygen atoms in total. The van der Waals surface area contributed by atoms with Crippen LogP contribution in [-0.4, -0.2) is 15.3 Å². The second kappa shape index (κ2) is 5.17. The molecule has 0 amide bonds. The van der Waals surface area contributed by atoms with Gasteiger partial charge in [-0.3, -0.25) is 5.01 Å². The van der Waals surface area contributed by atoms with Crippen LogP contribution in [0, 0.1) is 6.92 Å². The fraction of sp³-hybridized carbons (Fsp3) is 0.143. The van der Waals surface area contributed by atoms with Gasteiger partial charge in [0.15, 0.2) is 0 Å². The molecule has 0 atom stereocenters. The molecule has 2 aromatic carbocycles. The number of hydrazine groups is 1. The zero-order valence-corrected chi connectivity index (χ0v) is 10.5. The normalized spacial score (nSPS) is 10.5. The highest BCUT2D eigenvalue weighted by atomic mass is 16.3. The molecule has 2 rings (SSSR count). The molecule has 0 aliphatic carbocycles. The summed E-state index contributed by atoms with van der Waals surface area (Å²) in [5, 5.41) is 29.5. The molecule has 0 aliphatic heterocycles. The van der Waals surface area contributed by atoms with Crippen molar-refractivity contribution < 1.29 is 15.3 Å². The largest absolute Gasteiger partial charge is 0.508 e. The van der Waals surface area contributed by atoms with E-state index < -0.39 is 0 Å². The number of nitrogens with zero attached hydrogens (tertiary/aromatic N) is 1. The molecule has 5 heteroatoms. The van der Waals surface area contributed by atoms with Gasteiger partial charge in [0.05, 0.1) is 18.0 Å². The molecule has 0 fully saturated rings. The molecule has 0 heterocycles. The number of benzene rings is 2. The van der Waals surface area contributed by atoms with Crippen molar-refractivity contribution in [1.29, 1.82) is 0 Å². The summed E-state index contributed by atoms with van der Waals surface area (Å²) in [5.74, 6) is 6.29. The van der Waals surface area contributed by atoms with E-state index in [1.165, 1.54) is 17.1 Å². The van der Waals surface area contributed by atoms with Gasteiger partial charge >= 0.3 is 0 Å². The van der Waals surface area contributed by atoms with Crippen LogP contribution in [0.5, 0.6) is 11.5 Å². The van der Waals surface area contributed by atoms with Crippen molar-refractivity contribution in [2.75, 3.05) is 5.01 Å². The fourth-order valence-corrected chi connectivity index (χ4v) is 1.97. The molecule has 0 aromatic heterocycles. The Bertz CT molecular complexity index is 599. The summed E-state index contributed by atoms with van der Waals surface area (Å²) in [5.41, 5.74) is 2.63. The average molecular weight is 260 g/mol. The van der Waals surface area contributed by atoms with Crippen LogP contribution in [0.2, 0.25) is 0 Å². The average Bonchev–Trinajstić information content (AvgIpc) is 2.37. The molecule has 2 aromatic rings. The van der Waals surface area contributed by atoms with Crippen LogP contribution in [0.15, 0.2) is 36.4 Å². The number of phenols is 2. The molecule has 0 saturated carbocycles. The topological polar surface area (TPSA) is 90.0 Å². The Kier molecular flexibility index (Phi) is 3.59. The number of aromatic hydroxyl groups is 2. The minimum atomic E-state index is -0.228. The van der Waals surface area contributed by atoms with E-state index in [1.54, 1.807) is 24.3 Å². The standard InChI is InChI=1S/C14H16N2O3/c1-9-6-11(18)2-4-13(9)16(15)14-5-3-12(19)7-10(14)8-17/h2-7,17-19H,8,15H2,1H3. The van der Waals surface area contributed by atoms with Crippen molar-refractivity contribution >= 4 is 11.4 Å². The summed E-state index contributed by atoms with van der Waals surface area (Å²) >= 11 is 0. The number of anilines is 2. The Labute approximate surface area is 111 Å². The van der Waals surface area contributed by atoms with E-state index in [9.17, 15) is 15.3 Å². The Hall–Kier alpha value is -2.24.